The SMILES string of the molecule is Cc1cc(NC2Cc3ccccc3C2)cnc1Br. The zero-order chi connectivity index (χ0) is 12.5. The van der Waals surface area contributed by atoms with Gasteiger partial charge in [-0.15, -0.1) is 0 Å². The summed E-state index contributed by atoms with van der Waals surface area (Å²) in [5, 5.41) is 3.57. The topological polar surface area (TPSA) is 24.9 Å². The van der Waals surface area contributed by atoms with Gasteiger partial charge in [0.25, 0.3) is 0 Å². The Morgan fingerprint density at radius 1 is 1.22 bits per heavy atom. The number of rotatable bonds is 2. The van der Waals surface area contributed by atoms with Crippen LogP contribution in [-0.2, 0) is 12.8 Å². The lowest BCUT2D eigenvalue weighted by Gasteiger charge is -2.14. The summed E-state index contributed by atoms with van der Waals surface area (Å²) in [4.78, 5) is 4.32. The molecule has 1 aromatic heterocycles. The summed E-state index contributed by atoms with van der Waals surface area (Å²) >= 11 is 3.43. The summed E-state index contributed by atoms with van der Waals surface area (Å²) < 4.78 is 0.919. The molecule has 2 aromatic rings. The van der Waals surface area contributed by atoms with E-state index in [0.29, 0.717) is 6.04 Å². The fourth-order valence-electron chi connectivity index (χ4n) is 2.53. The first-order valence-corrected chi connectivity index (χ1v) is 6.97. The molecule has 2 nitrogen and oxygen atoms in total. The molecular weight excluding hydrogens is 288 g/mol. The number of nitrogens with one attached hydrogen (secondary N) is 1. The Bertz CT molecular complexity index is 555. The fraction of sp³-hybridized carbons (Fsp3) is 0.267. The lowest BCUT2D eigenvalue weighted by molar-refractivity contribution is 0.773. The Kier molecular flexibility index (Phi) is 3.08. The molecule has 3 rings (SSSR count). The minimum Gasteiger partial charge on any atom is -0.380 e. The molecule has 18 heavy (non-hydrogen) atoms. The second-order valence-corrected chi connectivity index (χ2v) is 5.60. The molecule has 1 heterocycles. The van der Waals surface area contributed by atoms with Crippen molar-refractivity contribution in [3.8, 4) is 0 Å². The molecule has 1 N–H and O–H groups in total. The van der Waals surface area contributed by atoms with Gasteiger partial charge in [0, 0.05) is 6.04 Å². The first-order chi connectivity index (χ1) is 8.72. The lowest BCUT2D eigenvalue weighted by Crippen LogP contribution is -2.19. The van der Waals surface area contributed by atoms with Crippen LogP contribution < -0.4 is 5.32 Å². The van der Waals surface area contributed by atoms with E-state index < -0.39 is 0 Å². The number of aromatic nitrogens is 1. The van der Waals surface area contributed by atoms with Crippen molar-refractivity contribution in [1.82, 2.24) is 4.98 Å². The van der Waals surface area contributed by atoms with E-state index in [1.807, 2.05) is 6.20 Å². The average Bonchev–Trinajstić information content (AvgIpc) is 2.76. The van der Waals surface area contributed by atoms with Gasteiger partial charge in [-0.05, 0) is 58.5 Å². The monoisotopic (exact) mass is 302 g/mol. The van der Waals surface area contributed by atoms with Gasteiger partial charge in [0.1, 0.15) is 4.60 Å². The Morgan fingerprint density at radius 2 is 1.89 bits per heavy atom. The largest absolute Gasteiger partial charge is 0.380 e. The minimum absolute atomic E-state index is 0.491. The number of halogens is 1. The quantitative estimate of drug-likeness (QED) is 0.855. The molecule has 1 aliphatic rings. The van der Waals surface area contributed by atoms with Gasteiger partial charge in [-0.2, -0.15) is 0 Å². The molecule has 1 aliphatic carbocycles. The van der Waals surface area contributed by atoms with E-state index >= 15 is 0 Å². The van der Waals surface area contributed by atoms with E-state index in [1.165, 1.54) is 11.1 Å². The van der Waals surface area contributed by atoms with Crippen LogP contribution in [-0.4, -0.2) is 11.0 Å². The molecule has 0 saturated carbocycles. The highest BCUT2D eigenvalue weighted by Gasteiger charge is 2.20. The highest BCUT2D eigenvalue weighted by atomic mass is 79.9. The van der Waals surface area contributed by atoms with Crippen LogP contribution >= 0.6 is 15.9 Å². The van der Waals surface area contributed by atoms with Gasteiger partial charge in [-0.3, -0.25) is 0 Å². The van der Waals surface area contributed by atoms with Crippen molar-refractivity contribution in [1.29, 1.82) is 0 Å². The predicted octanol–water partition coefficient (Wildman–Crippen LogP) is 3.73. The number of pyridine rings is 1. The molecular formula is C15H15BrN2. The molecule has 0 bridgehead atoms. The van der Waals surface area contributed by atoms with Crippen molar-refractivity contribution in [2.24, 2.45) is 0 Å². The minimum atomic E-state index is 0.491. The summed E-state index contributed by atoms with van der Waals surface area (Å²) in [5.41, 5.74) is 5.21. The molecule has 0 aliphatic heterocycles. The maximum atomic E-state index is 4.32. The van der Waals surface area contributed by atoms with Gasteiger partial charge in [0.05, 0.1) is 11.9 Å². The molecule has 0 fully saturated rings. The highest BCUT2D eigenvalue weighted by molar-refractivity contribution is 9.10. The van der Waals surface area contributed by atoms with Crippen LogP contribution in [0.5, 0.6) is 0 Å². The number of hydrogen-bond acceptors (Lipinski definition) is 2. The van der Waals surface area contributed by atoms with Gasteiger partial charge in [0.15, 0.2) is 0 Å². The van der Waals surface area contributed by atoms with Crippen LogP contribution in [0.4, 0.5) is 5.69 Å². The fourth-order valence-corrected chi connectivity index (χ4v) is 2.75. The molecule has 92 valence electrons. The van der Waals surface area contributed by atoms with E-state index in [-0.39, 0.29) is 0 Å². The Labute approximate surface area is 116 Å². The van der Waals surface area contributed by atoms with Crippen molar-refractivity contribution in [2.45, 2.75) is 25.8 Å². The average molecular weight is 303 g/mol. The second-order valence-electron chi connectivity index (χ2n) is 4.85. The number of hydrogen-bond donors (Lipinski definition) is 1. The Balaban J connectivity index is 1.74. The number of benzene rings is 1. The van der Waals surface area contributed by atoms with E-state index in [4.69, 9.17) is 0 Å². The molecule has 1 aromatic carbocycles. The summed E-state index contributed by atoms with van der Waals surface area (Å²) in [5.74, 6) is 0. The van der Waals surface area contributed by atoms with Gasteiger partial charge in [-0.25, -0.2) is 4.98 Å². The number of fused-ring (bicyclic) bond motifs is 1. The van der Waals surface area contributed by atoms with Gasteiger partial charge in [-0.1, -0.05) is 24.3 Å². The van der Waals surface area contributed by atoms with E-state index in [1.54, 1.807) is 0 Å². The van der Waals surface area contributed by atoms with Gasteiger partial charge in [0.2, 0.25) is 0 Å². The zero-order valence-corrected chi connectivity index (χ0v) is 11.9. The summed E-state index contributed by atoms with van der Waals surface area (Å²) in [6.45, 7) is 2.06. The van der Waals surface area contributed by atoms with Crippen LogP contribution in [0.3, 0.4) is 0 Å². The first kappa shape index (κ1) is 11.7. The first-order valence-electron chi connectivity index (χ1n) is 6.18. The van der Waals surface area contributed by atoms with Crippen LogP contribution in [0, 0.1) is 6.92 Å². The molecule has 0 spiro atoms. The number of nitrogens with zero attached hydrogens (tertiary/aromatic N) is 1. The summed E-state index contributed by atoms with van der Waals surface area (Å²) in [6, 6.07) is 11.3. The third-order valence-electron chi connectivity index (χ3n) is 3.44. The third-order valence-corrected chi connectivity index (χ3v) is 4.27. The molecule has 0 radical (unpaired) electrons. The van der Waals surface area contributed by atoms with Crippen molar-refractivity contribution >= 4 is 21.6 Å². The maximum Gasteiger partial charge on any atom is 0.109 e. The number of anilines is 1. The molecule has 0 saturated heterocycles. The molecule has 3 heteroatoms. The summed E-state index contributed by atoms with van der Waals surface area (Å²) in [7, 11) is 0. The lowest BCUT2D eigenvalue weighted by atomic mass is 10.1. The third kappa shape index (κ3) is 2.27. The molecule has 0 unspecified atom stereocenters. The van der Waals surface area contributed by atoms with Crippen LogP contribution in [0.15, 0.2) is 41.1 Å². The maximum absolute atomic E-state index is 4.32. The standard InChI is InChI=1S/C15H15BrN2/c1-10-6-14(9-17-15(10)16)18-13-7-11-4-2-3-5-12(11)8-13/h2-6,9,13,18H,7-8H2,1H3. The molecule has 0 atom stereocenters. The van der Waals surface area contributed by atoms with E-state index in [9.17, 15) is 0 Å². The van der Waals surface area contributed by atoms with Crippen LogP contribution in [0.25, 0.3) is 0 Å². The normalized spacial score (nSPS) is 14.6. The predicted molar refractivity (Wildman–Crippen MR) is 77.9 cm³/mol. The smallest absolute Gasteiger partial charge is 0.109 e. The van der Waals surface area contributed by atoms with Crippen molar-refractivity contribution in [2.75, 3.05) is 5.32 Å². The van der Waals surface area contributed by atoms with E-state index in [2.05, 4.69) is 63.5 Å². The van der Waals surface area contributed by atoms with Crippen molar-refractivity contribution < 1.29 is 0 Å². The van der Waals surface area contributed by atoms with E-state index in [0.717, 1.165) is 28.7 Å². The summed E-state index contributed by atoms with van der Waals surface area (Å²) in [6.07, 6.45) is 4.09. The van der Waals surface area contributed by atoms with Crippen molar-refractivity contribution in [3.63, 3.8) is 0 Å². The van der Waals surface area contributed by atoms with Crippen LogP contribution in [0.1, 0.15) is 16.7 Å². The Morgan fingerprint density at radius 3 is 2.50 bits per heavy atom. The second kappa shape index (κ2) is 4.73. The Hall–Kier alpha value is -1.35. The molecule has 0 amide bonds. The van der Waals surface area contributed by atoms with Gasteiger partial charge >= 0.3 is 0 Å². The highest BCUT2D eigenvalue weighted by Crippen LogP contribution is 2.25. The van der Waals surface area contributed by atoms with Crippen molar-refractivity contribution in [3.05, 3.63) is 57.8 Å². The van der Waals surface area contributed by atoms with Crippen LogP contribution in [0.2, 0.25) is 0 Å². The zero-order valence-electron chi connectivity index (χ0n) is 10.3. The number of aryl methyl sites for hydroxylation is 1. The van der Waals surface area contributed by atoms with Gasteiger partial charge < -0.3 is 5.32 Å².